The van der Waals surface area contributed by atoms with Crippen molar-refractivity contribution in [3.63, 3.8) is 0 Å². The van der Waals surface area contributed by atoms with Crippen LogP contribution in [0.25, 0.3) is 0 Å². The summed E-state index contributed by atoms with van der Waals surface area (Å²) in [5.74, 6) is 1.94. The molecule has 0 saturated heterocycles. The van der Waals surface area contributed by atoms with Crippen molar-refractivity contribution in [2.75, 3.05) is 6.54 Å². The van der Waals surface area contributed by atoms with Gasteiger partial charge in [0, 0.05) is 6.04 Å². The molecule has 0 bridgehead atoms. The zero-order valence-electron chi connectivity index (χ0n) is 13.5. The van der Waals surface area contributed by atoms with Gasteiger partial charge in [-0.25, -0.2) is 0 Å². The molecule has 2 aliphatic carbocycles. The molecule has 0 aliphatic heterocycles. The predicted octanol–water partition coefficient (Wildman–Crippen LogP) is 5.15. The van der Waals surface area contributed by atoms with Gasteiger partial charge in [0.1, 0.15) is 0 Å². The smallest absolute Gasteiger partial charge is 0.0100 e. The van der Waals surface area contributed by atoms with E-state index in [0.717, 1.165) is 17.9 Å². The lowest BCUT2D eigenvalue weighted by molar-refractivity contribution is 0.130. The van der Waals surface area contributed by atoms with Crippen LogP contribution in [0.1, 0.15) is 85.0 Å². The molecule has 2 saturated carbocycles. The molecule has 2 fully saturated rings. The summed E-state index contributed by atoms with van der Waals surface area (Å²) in [4.78, 5) is 0. The van der Waals surface area contributed by atoms with E-state index in [4.69, 9.17) is 0 Å². The van der Waals surface area contributed by atoms with Gasteiger partial charge in [0.05, 0.1) is 0 Å². The van der Waals surface area contributed by atoms with Crippen molar-refractivity contribution in [3.05, 3.63) is 0 Å². The summed E-state index contributed by atoms with van der Waals surface area (Å²) in [6.45, 7) is 8.54. The van der Waals surface area contributed by atoms with Gasteiger partial charge in [-0.3, -0.25) is 0 Å². The van der Waals surface area contributed by atoms with Crippen molar-refractivity contribution < 1.29 is 0 Å². The minimum Gasteiger partial charge on any atom is -0.314 e. The Labute approximate surface area is 120 Å². The third-order valence-corrected chi connectivity index (χ3v) is 5.55. The summed E-state index contributed by atoms with van der Waals surface area (Å²) < 4.78 is 0. The van der Waals surface area contributed by atoms with Crippen LogP contribution in [0, 0.1) is 17.3 Å². The van der Waals surface area contributed by atoms with Gasteiger partial charge in [-0.2, -0.15) is 0 Å². The van der Waals surface area contributed by atoms with Crippen LogP contribution in [0.3, 0.4) is 0 Å². The lowest BCUT2D eigenvalue weighted by Crippen LogP contribution is -2.44. The molecule has 2 aliphatic rings. The van der Waals surface area contributed by atoms with Crippen LogP contribution in [0.2, 0.25) is 0 Å². The summed E-state index contributed by atoms with van der Waals surface area (Å²) >= 11 is 0. The molecular formula is C18H35N. The molecule has 2 rings (SSSR count). The maximum atomic E-state index is 3.90. The minimum absolute atomic E-state index is 0.476. The second-order valence-electron chi connectivity index (χ2n) is 8.11. The van der Waals surface area contributed by atoms with Gasteiger partial charge < -0.3 is 5.32 Å². The Balaban J connectivity index is 1.67. The molecule has 1 heteroatoms. The molecule has 0 aromatic heterocycles. The van der Waals surface area contributed by atoms with Gasteiger partial charge >= 0.3 is 0 Å². The van der Waals surface area contributed by atoms with Crippen LogP contribution >= 0.6 is 0 Å². The van der Waals surface area contributed by atoms with E-state index in [1.807, 2.05) is 0 Å². The highest BCUT2D eigenvalue weighted by Gasteiger charge is 2.33. The topological polar surface area (TPSA) is 12.0 Å². The second-order valence-corrected chi connectivity index (χ2v) is 8.11. The number of hydrogen-bond acceptors (Lipinski definition) is 1. The van der Waals surface area contributed by atoms with Crippen LogP contribution in [0.5, 0.6) is 0 Å². The van der Waals surface area contributed by atoms with Crippen LogP contribution < -0.4 is 5.32 Å². The van der Waals surface area contributed by atoms with Crippen molar-refractivity contribution in [1.29, 1.82) is 0 Å². The van der Waals surface area contributed by atoms with Crippen LogP contribution in [-0.2, 0) is 0 Å². The second kappa shape index (κ2) is 7.11. The van der Waals surface area contributed by atoms with Gasteiger partial charge in [-0.05, 0) is 49.5 Å². The highest BCUT2D eigenvalue weighted by Crippen LogP contribution is 2.38. The zero-order valence-corrected chi connectivity index (χ0v) is 13.5. The standard InChI is InChI=1S/C18H35N/c1-18(2,3)16-12-6-7-13-17(16)19-14-8-11-15-9-4-5-10-15/h15-17,19H,4-14H2,1-3H3. The molecule has 0 spiro atoms. The average molecular weight is 265 g/mol. The maximum Gasteiger partial charge on any atom is 0.0100 e. The average Bonchev–Trinajstić information content (AvgIpc) is 2.87. The fraction of sp³-hybridized carbons (Fsp3) is 1.00. The van der Waals surface area contributed by atoms with Crippen LogP contribution in [0.4, 0.5) is 0 Å². The molecule has 2 atom stereocenters. The Hall–Kier alpha value is -0.0400. The normalized spacial score (nSPS) is 29.8. The fourth-order valence-corrected chi connectivity index (χ4v) is 4.39. The monoisotopic (exact) mass is 265 g/mol. The lowest BCUT2D eigenvalue weighted by Gasteiger charge is -2.41. The third-order valence-electron chi connectivity index (χ3n) is 5.55. The van der Waals surface area contributed by atoms with E-state index in [1.54, 1.807) is 0 Å². The molecule has 0 heterocycles. The van der Waals surface area contributed by atoms with E-state index in [2.05, 4.69) is 26.1 Å². The Morgan fingerprint density at radius 3 is 2.21 bits per heavy atom. The van der Waals surface area contributed by atoms with Gasteiger partial charge in [0.15, 0.2) is 0 Å². The number of rotatable bonds is 5. The molecule has 1 N–H and O–H groups in total. The summed E-state index contributed by atoms with van der Waals surface area (Å²) in [5.41, 5.74) is 0.476. The molecule has 2 unspecified atom stereocenters. The summed E-state index contributed by atoms with van der Waals surface area (Å²) in [7, 11) is 0. The summed E-state index contributed by atoms with van der Waals surface area (Å²) in [6, 6.07) is 0.789. The van der Waals surface area contributed by atoms with Crippen molar-refractivity contribution >= 4 is 0 Å². The van der Waals surface area contributed by atoms with Gasteiger partial charge in [-0.15, -0.1) is 0 Å². The van der Waals surface area contributed by atoms with E-state index in [0.29, 0.717) is 5.41 Å². The van der Waals surface area contributed by atoms with E-state index < -0.39 is 0 Å². The van der Waals surface area contributed by atoms with Crippen LogP contribution in [-0.4, -0.2) is 12.6 Å². The third kappa shape index (κ3) is 4.77. The first kappa shape index (κ1) is 15.4. The molecule has 112 valence electrons. The molecule has 0 radical (unpaired) electrons. The maximum absolute atomic E-state index is 3.90. The van der Waals surface area contributed by atoms with Crippen molar-refractivity contribution in [2.24, 2.45) is 17.3 Å². The minimum atomic E-state index is 0.476. The molecule has 0 aromatic rings. The lowest BCUT2D eigenvalue weighted by atomic mass is 9.69. The molecule has 1 nitrogen and oxygen atoms in total. The fourth-order valence-electron chi connectivity index (χ4n) is 4.39. The van der Waals surface area contributed by atoms with E-state index in [-0.39, 0.29) is 0 Å². The van der Waals surface area contributed by atoms with Gasteiger partial charge in [0.25, 0.3) is 0 Å². The number of hydrogen-bond donors (Lipinski definition) is 1. The highest BCUT2D eigenvalue weighted by atomic mass is 14.9. The number of nitrogens with one attached hydrogen (secondary N) is 1. The largest absolute Gasteiger partial charge is 0.314 e. The van der Waals surface area contributed by atoms with E-state index in [1.165, 1.54) is 70.8 Å². The highest BCUT2D eigenvalue weighted by molar-refractivity contribution is 4.88. The molecule has 0 amide bonds. The Bertz CT molecular complexity index is 247. The summed E-state index contributed by atoms with van der Waals surface area (Å²) in [5, 5.41) is 3.90. The van der Waals surface area contributed by atoms with E-state index in [9.17, 15) is 0 Å². The van der Waals surface area contributed by atoms with Gasteiger partial charge in [0.2, 0.25) is 0 Å². The van der Waals surface area contributed by atoms with Crippen molar-refractivity contribution in [3.8, 4) is 0 Å². The van der Waals surface area contributed by atoms with E-state index >= 15 is 0 Å². The quantitative estimate of drug-likeness (QED) is 0.678. The molecule has 0 aromatic carbocycles. The summed E-state index contributed by atoms with van der Waals surface area (Å²) in [6.07, 6.45) is 14.6. The predicted molar refractivity (Wildman–Crippen MR) is 84.4 cm³/mol. The molecule has 19 heavy (non-hydrogen) atoms. The molecular weight excluding hydrogens is 230 g/mol. The Morgan fingerprint density at radius 2 is 1.53 bits per heavy atom. The SMILES string of the molecule is CC(C)(C)C1CCCCC1NCCCC1CCCC1. The Kier molecular flexibility index (Phi) is 5.74. The first-order chi connectivity index (χ1) is 9.07. The first-order valence-corrected chi connectivity index (χ1v) is 8.81. The van der Waals surface area contributed by atoms with Crippen molar-refractivity contribution in [1.82, 2.24) is 5.32 Å². The van der Waals surface area contributed by atoms with Crippen LogP contribution in [0.15, 0.2) is 0 Å². The Morgan fingerprint density at radius 1 is 0.895 bits per heavy atom. The zero-order chi connectivity index (χ0) is 13.7. The van der Waals surface area contributed by atoms with Gasteiger partial charge in [-0.1, -0.05) is 59.3 Å². The van der Waals surface area contributed by atoms with Crippen molar-refractivity contribution in [2.45, 2.75) is 91.0 Å². The first-order valence-electron chi connectivity index (χ1n) is 8.81.